The highest BCUT2D eigenvalue weighted by molar-refractivity contribution is 6.05. The van der Waals surface area contributed by atoms with Gasteiger partial charge in [0.1, 0.15) is 6.04 Å². The van der Waals surface area contributed by atoms with E-state index in [4.69, 9.17) is 0 Å². The molecule has 1 aromatic carbocycles. The van der Waals surface area contributed by atoms with E-state index in [1.165, 1.54) is 12.8 Å². The highest BCUT2D eigenvalue weighted by Crippen LogP contribution is 2.39. The number of imide groups is 1. The molecule has 1 aliphatic heterocycles. The Labute approximate surface area is 150 Å². The summed E-state index contributed by atoms with van der Waals surface area (Å²) in [4.78, 5) is 30.2. The van der Waals surface area contributed by atoms with Gasteiger partial charge in [0, 0.05) is 12.1 Å². The zero-order valence-electron chi connectivity index (χ0n) is 14.9. The summed E-state index contributed by atoms with van der Waals surface area (Å²) in [5, 5.41) is 0. The molecule has 0 bridgehead atoms. The largest absolute Gasteiger partial charge is 0.328 e. The average molecular weight is 340 g/mol. The van der Waals surface area contributed by atoms with Crippen LogP contribution in [0.1, 0.15) is 75.8 Å². The van der Waals surface area contributed by atoms with Crippen LogP contribution >= 0.6 is 0 Å². The van der Waals surface area contributed by atoms with Crippen LogP contribution in [0.15, 0.2) is 30.3 Å². The Kier molecular flexibility index (Phi) is 4.78. The van der Waals surface area contributed by atoms with Crippen LogP contribution in [0.4, 0.5) is 4.79 Å². The van der Waals surface area contributed by atoms with Gasteiger partial charge in [-0.2, -0.15) is 0 Å². The van der Waals surface area contributed by atoms with Crippen molar-refractivity contribution in [2.45, 2.75) is 82.3 Å². The van der Waals surface area contributed by atoms with Crippen molar-refractivity contribution in [3.63, 3.8) is 0 Å². The molecule has 3 aliphatic rings. The van der Waals surface area contributed by atoms with Crippen molar-refractivity contribution in [1.82, 2.24) is 9.80 Å². The van der Waals surface area contributed by atoms with Crippen LogP contribution in [0, 0.1) is 0 Å². The quantitative estimate of drug-likeness (QED) is 0.751. The van der Waals surface area contributed by atoms with E-state index in [2.05, 4.69) is 0 Å². The highest BCUT2D eigenvalue weighted by atomic mass is 16.2. The highest BCUT2D eigenvalue weighted by Gasteiger charge is 2.50. The van der Waals surface area contributed by atoms with Crippen LogP contribution in [-0.4, -0.2) is 33.8 Å². The predicted molar refractivity (Wildman–Crippen MR) is 97.0 cm³/mol. The van der Waals surface area contributed by atoms with Crippen LogP contribution in [0.3, 0.4) is 0 Å². The fraction of sp³-hybridized carbons (Fsp3) is 0.619. The van der Waals surface area contributed by atoms with Gasteiger partial charge in [0.05, 0.1) is 0 Å². The van der Waals surface area contributed by atoms with Crippen molar-refractivity contribution in [1.29, 1.82) is 0 Å². The molecule has 1 atom stereocenters. The molecule has 25 heavy (non-hydrogen) atoms. The van der Waals surface area contributed by atoms with E-state index >= 15 is 0 Å². The summed E-state index contributed by atoms with van der Waals surface area (Å²) in [5.74, 6) is 0.00803. The third-order valence-electron chi connectivity index (χ3n) is 6.20. The maximum Gasteiger partial charge on any atom is 0.328 e. The first-order chi connectivity index (χ1) is 12.3. The molecule has 0 N–H and O–H groups in total. The molecule has 3 fully saturated rings. The van der Waals surface area contributed by atoms with E-state index < -0.39 is 6.04 Å². The van der Waals surface area contributed by atoms with Crippen molar-refractivity contribution in [2.75, 3.05) is 0 Å². The first-order valence-corrected chi connectivity index (χ1v) is 9.97. The zero-order valence-corrected chi connectivity index (χ0v) is 14.9. The summed E-state index contributed by atoms with van der Waals surface area (Å²) in [6.45, 7) is 0. The van der Waals surface area contributed by atoms with E-state index in [0.29, 0.717) is 0 Å². The van der Waals surface area contributed by atoms with Crippen LogP contribution in [0.2, 0.25) is 0 Å². The van der Waals surface area contributed by atoms with Gasteiger partial charge in [0.15, 0.2) is 0 Å². The lowest BCUT2D eigenvalue weighted by Crippen LogP contribution is -2.45. The number of hydrogen-bond donors (Lipinski definition) is 0. The molecule has 4 heteroatoms. The second kappa shape index (κ2) is 7.19. The number of urea groups is 1. The number of nitrogens with zero attached hydrogens (tertiary/aromatic N) is 2. The van der Waals surface area contributed by atoms with Gasteiger partial charge in [-0.25, -0.2) is 4.79 Å². The van der Waals surface area contributed by atoms with E-state index in [1.807, 2.05) is 35.2 Å². The van der Waals surface area contributed by atoms with Gasteiger partial charge < -0.3 is 4.90 Å². The Morgan fingerprint density at radius 3 is 1.88 bits per heavy atom. The second-order valence-corrected chi connectivity index (χ2v) is 7.79. The third kappa shape index (κ3) is 3.07. The first-order valence-electron chi connectivity index (χ1n) is 9.97. The van der Waals surface area contributed by atoms with Gasteiger partial charge >= 0.3 is 6.03 Å². The van der Waals surface area contributed by atoms with Gasteiger partial charge in [0.2, 0.25) is 0 Å². The van der Waals surface area contributed by atoms with E-state index in [0.717, 1.165) is 56.9 Å². The lowest BCUT2D eigenvalue weighted by atomic mass is 9.92. The Hall–Kier alpha value is -1.84. The molecule has 1 saturated heterocycles. The number of carbonyl (C=O) groups excluding carboxylic acids is 2. The topological polar surface area (TPSA) is 40.6 Å². The maximum atomic E-state index is 13.3. The number of carbonyl (C=O) groups is 2. The maximum absolute atomic E-state index is 13.3. The number of benzene rings is 1. The normalized spacial score (nSPS) is 26.5. The number of hydrogen-bond acceptors (Lipinski definition) is 2. The summed E-state index contributed by atoms with van der Waals surface area (Å²) < 4.78 is 0. The number of amides is 3. The molecule has 2 saturated carbocycles. The molecule has 1 heterocycles. The molecule has 4 nitrogen and oxygen atoms in total. The lowest BCUT2D eigenvalue weighted by Gasteiger charge is -2.34. The molecular weight excluding hydrogens is 312 g/mol. The molecular formula is C21H28N2O2. The predicted octanol–water partition coefficient (Wildman–Crippen LogP) is 4.66. The van der Waals surface area contributed by atoms with Crippen LogP contribution in [0.5, 0.6) is 0 Å². The van der Waals surface area contributed by atoms with E-state index in [1.54, 1.807) is 4.90 Å². The molecule has 134 valence electrons. The zero-order chi connectivity index (χ0) is 17.2. The fourth-order valence-electron chi connectivity index (χ4n) is 4.92. The summed E-state index contributed by atoms with van der Waals surface area (Å²) in [6.07, 6.45) is 11.0. The monoisotopic (exact) mass is 340 g/mol. The Morgan fingerprint density at radius 2 is 1.28 bits per heavy atom. The number of rotatable bonds is 3. The molecule has 1 unspecified atom stereocenters. The molecule has 0 spiro atoms. The smallest absolute Gasteiger partial charge is 0.305 e. The average Bonchev–Trinajstić information content (AvgIpc) is 2.94. The minimum atomic E-state index is -0.418. The molecule has 3 amide bonds. The van der Waals surface area contributed by atoms with Crippen LogP contribution in [-0.2, 0) is 4.79 Å². The summed E-state index contributed by atoms with van der Waals surface area (Å²) in [5.41, 5.74) is 0.963. The Balaban J connectivity index is 1.68. The Bertz CT molecular complexity index is 618. The summed E-state index contributed by atoms with van der Waals surface area (Å²) in [7, 11) is 0. The van der Waals surface area contributed by atoms with Gasteiger partial charge in [-0.1, -0.05) is 68.9 Å². The minimum absolute atomic E-state index is 0.00803. The second-order valence-electron chi connectivity index (χ2n) is 7.79. The molecule has 4 rings (SSSR count). The first kappa shape index (κ1) is 16.6. The SMILES string of the molecule is O=C1C(c2ccccc2)N(C2CCCCC2)C(=O)N1C1CCCCC1. The van der Waals surface area contributed by atoms with Crippen LogP contribution < -0.4 is 0 Å². The molecule has 2 aliphatic carbocycles. The molecule has 0 radical (unpaired) electrons. The van der Waals surface area contributed by atoms with Gasteiger partial charge in [-0.15, -0.1) is 0 Å². The summed E-state index contributed by atoms with van der Waals surface area (Å²) in [6, 6.07) is 9.76. The van der Waals surface area contributed by atoms with Crippen LogP contribution in [0.25, 0.3) is 0 Å². The Morgan fingerprint density at radius 1 is 0.720 bits per heavy atom. The van der Waals surface area contributed by atoms with Gasteiger partial charge in [-0.05, 0) is 31.2 Å². The van der Waals surface area contributed by atoms with Crippen molar-refractivity contribution >= 4 is 11.9 Å². The van der Waals surface area contributed by atoms with Gasteiger partial charge in [0.25, 0.3) is 5.91 Å². The minimum Gasteiger partial charge on any atom is -0.305 e. The molecule has 0 aromatic heterocycles. The summed E-state index contributed by atoms with van der Waals surface area (Å²) >= 11 is 0. The molecule has 1 aromatic rings. The van der Waals surface area contributed by atoms with E-state index in [9.17, 15) is 9.59 Å². The van der Waals surface area contributed by atoms with Crippen molar-refractivity contribution in [3.05, 3.63) is 35.9 Å². The van der Waals surface area contributed by atoms with E-state index in [-0.39, 0.29) is 24.0 Å². The van der Waals surface area contributed by atoms with Gasteiger partial charge in [-0.3, -0.25) is 9.69 Å². The fourth-order valence-corrected chi connectivity index (χ4v) is 4.92. The van der Waals surface area contributed by atoms with Crippen molar-refractivity contribution in [2.24, 2.45) is 0 Å². The third-order valence-corrected chi connectivity index (χ3v) is 6.20. The standard InChI is InChI=1S/C21H28N2O2/c24-20-19(16-10-4-1-5-11-16)22(17-12-6-2-7-13-17)21(25)23(20)18-14-8-3-9-15-18/h1,4-5,10-11,17-19H,2-3,6-9,12-15H2. The lowest BCUT2D eigenvalue weighted by molar-refractivity contribution is -0.130. The van der Waals surface area contributed by atoms with Crippen molar-refractivity contribution < 1.29 is 9.59 Å². The van der Waals surface area contributed by atoms with Crippen molar-refractivity contribution in [3.8, 4) is 0 Å².